The summed E-state index contributed by atoms with van der Waals surface area (Å²) in [5.74, 6) is 0. The molecule has 8 nitrogen and oxygen atoms in total. The highest BCUT2D eigenvalue weighted by Crippen LogP contribution is 2.21. The zero-order valence-corrected chi connectivity index (χ0v) is 8.15. The third-order valence-corrected chi connectivity index (χ3v) is 2.23. The molecule has 0 amide bonds. The lowest BCUT2D eigenvalue weighted by Gasteiger charge is -2.38. The molecule has 0 radical (unpaired) electrons. The highest BCUT2D eigenvalue weighted by atomic mass is 16.7. The zero-order valence-electron chi connectivity index (χ0n) is 8.15. The number of aliphatic hydroxyl groups excluding tert-OH is 3. The van der Waals surface area contributed by atoms with Crippen LogP contribution in [-0.4, -0.2) is 59.7 Å². The van der Waals surface area contributed by atoms with Crippen molar-refractivity contribution in [2.24, 2.45) is 5.11 Å². The maximum Gasteiger partial charge on any atom is 0.214 e. The van der Waals surface area contributed by atoms with Gasteiger partial charge >= 0.3 is 0 Å². The topological polar surface area (TPSA) is 129 Å². The average molecular weight is 220 g/mol. The fraction of sp³-hybridized carbons (Fsp3) is 1.00. The molecule has 0 saturated carbocycles. The molecule has 1 heterocycles. The molecule has 0 aromatic carbocycles. The van der Waals surface area contributed by atoms with E-state index in [2.05, 4.69) is 10.0 Å². The Bertz CT molecular complexity index is 255. The Morgan fingerprint density at radius 1 is 1.33 bits per heavy atom. The summed E-state index contributed by atoms with van der Waals surface area (Å²) >= 11 is 0. The maximum atomic E-state index is 9.49. The van der Waals surface area contributed by atoms with E-state index in [-0.39, 0.29) is 6.54 Å². The van der Waals surface area contributed by atoms with E-state index in [4.69, 9.17) is 15.0 Å². The lowest BCUT2D eigenvalue weighted by Crippen LogP contribution is -2.58. The van der Waals surface area contributed by atoms with Gasteiger partial charge in [0.25, 0.3) is 0 Å². The van der Waals surface area contributed by atoms with Gasteiger partial charge < -0.3 is 24.8 Å². The largest absolute Gasteiger partial charge is 0.388 e. The Hall–Kier alpha value is -0.890. The quantitative estimate of drug-likeness (QED) is 0.322. The van der Waals surface area contributed by atoms with Crippen molar-refractivity contribution >= 4 is 0 Å². The van der Waals surface area contributed by atoms with Gasteiger partial charge in [0.2, 0.25) is 4.91 Å². The first-order valence-electron chi connectivity index (χ1n) is 4.37. The molecule has 1 rings (SSSR count). The standard InChI is InChI=1S/C7H14N3O5/c1-14-7-6(13)5(12)4(11)3(15-7)2-9-10-8/h3-8,11-13H,2H2,1H3/q+1. The Labute approximate surface area is 85.7 Å². The molecule has 5 unspecified atom stereocenters. The average Bonchev–Trinajstić information content (AvgIpc) is 2.25. The molecule has 0 aliphatic carbocycles. The first kappa shape index (κ1) is 12.2. The number of hydrogen-bond acceptors (Lipinski definition) is 7. The van der Waals surface area contributed by atoms with Gasteiger partial charge in [0.1, 0.15) is 35.1 Å². The number of ether oxygens (including phenoxy) is 2. The summed E-state index contributed by atoms with van der Waals surface area (Å²) in [6.07, 6.45) is -5.82. The summed E-state index contributed by atoms with van der Waals surface area (Å²) in [6.45, 7) is -0.0751. The number of rotatable bonds is 3. The Balaban J connectivity index is 2.69. The van der Waals surface area contributed by atoms with Crippen molar-refractivity contribution in [3.63, 3.8) is 0 Å². The summed E-state index contributed by atoms with van der Waals surface area (Å²) in [4.78, 5) is 2.76. The highest BCUT2D eigenvalue weighted by molar-refractivity contribution is 4.89. The molecule has 1 saturated heterocycles. The second-order valence-electron chi connectivity index (χ2n) is 3.17. The molecular weight excluding hydrogens is 206 g/mol. The van der Waals surface area contributed by atoms with Crippen molar-refractivity contribution < 1.29 is 24.8 Å². The van der Waals surface area contributed by atoms with E-state index in [1.807, 2.05) is 0 Å². The van der Waals surface area contributed by atoms with Crippen LogP contribution in [0.5, 0.6) is 0 Å². The van der Waals surface area contributed by atoms with Crippen molar-refractivity contribution in [2.45, 2.75) is 30.7 Å². The molecule has 0 aromatic rings. The lowest BCUT2D eigenvalue weighted by molar-refractivity contribution is -0.287. The van der Waals surface area contributed by atoms with Crippen molar-refractivity contribution in [3.8, 4) is 0 Å². The summed E-state index contributed by atoms with van der Waals surface area (Å²) in [5.41, 5.74) is 6.45. The number of aliphatic hydroxyl groups is 3. The first-order valence-corrected chi connectivity index (χ1v) is 4.37. The SMILES string of the molecule is COC1OC(CN=[N+]=N)C(O)C(O)C1O. The molecule has 0 bridgehead atoms. The van der Waals surface area contributed by atoms with Crippen molar-refractivity contribution in [1.29, 1.82) is 5.53 Å². The van der Waals surface area contributed by atoms with E-state index in [0.29, 0.717) is 0 Å². The molecule has 8 heteroatoms. The second kappa shape index (κ2) is 5.26. The molecule has 0 spiro atoms. The Morgan fingerprint density at radius 3 is 2.53 bits per heavy atom. The van der Waals surface area contributed by atoms with Crippen LogP contribution < -0.4 is 4.91 Å². The third kappa shape index (κ3) is 2.57. The van der Waals surface area contributed by atoms with Crippen LogP contribution in [0.25, 0.3) is 0 Å². The Kier molecular flexibility index (Phi) is 4.28. The fourth-order valence-corrected chi connectivity index (χ4v) is 1.38. The lowest BCUT2D eigenvalue weighted by atomic mass is 9.99. The normalized spacial score (nSPS) is 40.9. The van der Waals surface area contributed by atoms with Gasteiger partial charge in [-0.25, -0.2) is 0 Å². The monoisotopic (exact) mass is 220 g/mol. The minimum atomic E-state index is -1.37. The first-order chi connectivity index (χ1) is 7.11. The smallest absolute Gasteiger partial charge is 0.214 e. The van der Waals surface area contributed by atoms with E-state index in [0.717, 1.165) is 0 Å². The van der Waals surface area contributed by atoms with Gasteiger partial charge in [0, 0.05) is 7.11 Å². The number of methoxy groups -OCH3 is 1. The van der Waals surface area contributed by atoms with Crippen molar-refractivity contribution in [2.75, 3.05) is 13.7 Å². The predicted molar refractivity (Wildman–Crippen MR) is 45.8 cm³/mol. The van der Waals surface area contributed by atoms with Gasteiger partial charge in [-0.1, -0.05) is 0 Å². The van der Waals surface area contributed by atoms with Crippen LogP contribution in [0, 0.1) is 5.53 Å². The summed E-state index contributed by atoms with van der Waals surface area (Å²) in [5, 5.41) is 31.7. The second-order valence-corrected chi connectivity index (χ2v) is 3.17. The van der Waals surface area contributed by atoms with E-state index in [1.165, 1.54) is 7.11 Å². The third-order valence-electron chi connectivity index (χ3n) is 2.23. The maximum absolute atomic E-state index is 9.49. The molecule has 15 heavy (non-hydrogen) atoms. The van der Waals surface area contributed by atoms with Crippen LogP contribution in [-0.2, 0) is 9.47 Å². The van der Waals surface area contributed by atoms with Crippen molar-refractivity contribution in [1.82, 2.24) is 4.91 Å². The molecule has 1 aliphatic rings. The molecule has 1 aliphatic heterocycles. The minimum Gasteiger partial charge on any atom is -0.388 e. The number of nitrogens with one attached hydrogen (secondary N) is 1. The van der Waals surface area contributed by atoms with Crippen molar-refractivity contribution in [3.05, 3.63) is 0 Å². The van der Waals surface area contributed by atoms with Crippen LogP contribution in [0.2, 0.25) is 0 Å². The van der Waals surface area contributed by atoms with Crippen LogP contribution >= 0.6 is 0 Å². The van der Waals surface area contributed by atoms with E-state index in [9.17, 15) is 15.3 Å². The summed E-state index contributed by atoms with van der Waals surface area (Å²) < 4.78 is 9.88. The zero-order chi connectivity index (χ0) is 11.4. The summed E-state index contributed by atoms with van der Waals surface area (Å²) in [7, 11) is 1.31. The molecule has 0 aromatic heterocycles. The fourth-order valence-electron chi connectivity index (χ4n) is 1.38. The highest BCUT2D eigenvalue weighted by Gasteiger charge is 2.44. The minimum absolute atomic E-state index is 0.0751. The van der Waals surface area contributed by atoms with Crippen LogP contribution in [0.4, 0.5) is 0 Å². The van der Waals surface area contributed by atoms with Crippen LogP contribution in [0.15, 0.2) is 5.11 Å². The number of nitrogens with zero attached hydrogens (tertiary/aromatic N) is 2. The van der Waals surface area contributed by atoms with E-state index < -0.39 is 30.7 Å². The van der Waals surface area contributed by atoms with Gasteiger partial charge in [-0.15, -0.1) is 0 Å². The molecule has 5 atom stereocenters. The summed E-state index contributed by atoms with van der Waals surface area (Å²) in [6, 6.07) is 0. The van der Waals surface area contributed by atoms with Crippen LogP contribution in [0.3, 0.4) is 0 Å². The van der Waals surface area contributed by atoms with Crippen LogP contribution in [0.1, 0.15) is 0 Å². The van der Waals surface area contributed by atoms with Gasteiger partial charge in [0.05, 0.1) is 0 Å². The molecule has 86 valence electrons. The molecule has 1 fully saturated rings. The van der Waals surface area contributed by atoms with Gasteiger partial charge in [-0.3, -0.25) is 0 Å². The number of hydrogen-bond donors (Lipinski definition) is 4. The van der Waals surface area contributed by atoms with Gasteiger partial charge in [-0.05, 0) is 0 Å². The molecular formula is C7H14N3O5+. The predicted octanol–water partition coefficient (Wildman–Crippen LogP) is -2.01. The van der Waals surface area contributed by atoms with E-state index >= 15 is 0 Å². The van der Waals surface area contributed by atoms with Gasteiger partial charge in [0.15, 0.2) is 12.8 Å². The van der Waals surface area contributed by atoms with E-state index in [1.54, 1.807) is 0 Å². The Morgan fingerprint density at radius 2 is 2.00 bits per heavy atom. The van der Waals surface area contributed by atoms with Gasteiger partial charge in [-0.2, -0.15) is 0 Å². The molecule has 4 N–H and O–H groups in total.